The third kappa shape index (κ3) is 2.14. The van der Waals surface area contributed by atoms with Gasteiger partial charge in [-0.2, -0.15) is 0 Å². The van der Waals surface area contributed by atoms with Crippen molar-refractivity contribution >= 4 is 5.91 Å². The van der Waals surface area contributed by atoms with E-state index in [0.29, 0.717) is 23.5 Å². The summed E-state index contributed by atoms with van der Waals surface area (Å²) >= 11 is 0. The van der Waals surface area contributed by atoms with Gasteiger partial charge in [-0.3, -0.25) is 4.79 Å². The minimum atomic E-state index is 0.00160. The molecule has 1 N–H and O–H groups in total. The van der Waals surface area contributed by atoms with Crippen molar-refractivity contribution in [2.45, 2.75) is 32.2 Å². The minimum absolute atomic E-state index is 0.00160. The zero-order chi connectivity index (χ0) is 12.5. The van der Waals surface area contributed by atoms with E-state index in [1.807, 2.05) is 4.90 Å². The van der Waals surface area contributed by atoms with Gasteiger partial charge in [0.2, 0.25) is 0 Å². The topological polar surface area (TPSA) is 58.4 Å². The van der Waals surface area contributed by atoms with Gasteiger partial charge in [-0.1, -0.05) is 6.42 Å². The SMILES string of the molecule is Cc1nc(C(=O)N2C[C@@H]3CCCCN[C@@H]3C2)co1. The lowest BCUT2D eigenvalue weighted by Gasteiger charge is -2.15. The molecule has 0 saturated carbocycles. The average Bonchev–Trinajstić information content (AvgIpc) is 2.90. The third-order valence-corrected chi connectivity index (χ3v) is 3.97. The summed E-state index contributed by atoms with van der Waals surface area (Å²) in [5, 5.41) is 3.55. The standard InChI is InChI=1S/C13H19N3O2/c1-9-15-12(8-18-9)13(17)16-6-10-4-2-3-5-14-11(10)7-16/h8,10-11,14H,2-7H2,1H3/t10-,11+/m0/s1. The molecule has 2 fully saturated rings. The van der Waals surface area contributed by atoms with Crippen LogP contribution in [0.25, 0.3) is 0 Å². The van der Waals surface area contributed by atoms with Gasteiger partial charge in [-0.25, -0.2) is 4.98 Å². The molecular weight excluding hydrogens is 230 g/mol. The number of oxazole rings is 1. The van der Waals surface area contributed by atoms with Crippen LogP contribution in [-0.4, -0.2) is 41.5 Å². The predicted molar refractivity (Wildman–Crippen MR) is 66.3 cm³/mol. The van der Waals surface area contributed by atoms with Crippen molar-refractivity contribution in [2.75, 3.05) is 19.6 Å². The molecule has 2 saturated heterocycles. The normalized spacial score (nSPS) is 27.9. The molecular formula is C13H19N3O2. The number of rotatable bonds is 1. The molecule has 2 aliphatic rings. The molecule has 0 aliphatic carbocycles. The first-order valence-electron chi connectivity index (χ1n) is 6.69. The van der Waals surface area contributed by atoms with Crippen LogP contribution in [-0.2, 0) is 0 Å². The Balaban J connectivity index is 1.69. The molecule has 5 nitrogen and oxygen atoms in total. The molecule has 3 rings (SSSR count). The summed E-state index contributed by atoms with van der Waals surface area (Å²) in [7, 11) is 0. The zero-order valence-corrected chi connectivity index (χ0v) is 10.7. The van der Waals surface area contributed by atoms with E-state index >= 15 is 0 Å². The van der Waals surface area contributed by atoms with Crippen LogP contribution in [0.2, 0.25) is 0 Å². The van der Waals surface area contributed by atoms with Crippen LogP contribution in [0.5, 0.6) is 0 Å². The summed E-state index contributed by atoms with van der Waals surface area (Å²) in [6.07, 6.45) is 5.20. The Hall–Kier alpha value is -1.36. The molecule has 2 atom stereocenters. The monoisotopic (exact) mass is 249 g/mol. The van der Waals surface area contributed by atoms with E-state index < -0.39 is 0 Å². The maximum Gasteiger partial charge on any atom is 0.275 e. The van der Waals surface area contributed by atoms with Gasteiger partial charge in [0.05, 0.1) is 0 Å². The molecule has 5 heteroatoms. The number of likely N-dealkylation sites (tertiary alicyclic amines) is 1. The van der Waals surface area contributed by atoms with Gasteiger partial charge in [0.1, 0.15) is 6.26 Å². The van der Waals surface area contributed by atoms with E-state index in [4.69, 9.17) is 4.42 Å². The summed E-state index contributed by atoms with van der Waals surface area (Å²) < 4.78 is 5.11. The van der Waals surface area contributed by atoms with E-state index in [2.05, 4.69) is 10.3 Å². The highest BCUT2D eigenvalue weighted by molar-refractivity contribution is 5.92. The minimum Gasteiger partial charge on any atom is -0.448 e. The van der Waals surface area contributed by atoms with Crippen LogP contribution in [0.4, 0.5) is 0 Å². The van der Waals surface area contributed by atoms with E-state index in [0.717, 1.165) is 19.6 Å². The number of carbonyl (C=O) groups excluding carboxylic acids is 1. The van der Waals surface area contributed by atoms with Gasteiger partial charge in [0.15, 0.2) is 11.6 Å². The van der Waals surface area contributed by atoms with Crippen molar-refractivity contribution in [1.29, 1.82) is 0 Å². The first-order chi connectivity index (χ1) is 8.74. The van der Waals surface area contributed by atoms with Gasteiger partial charge in [-0.15, -0.1) is 0 Å². The molecule has 3 heterocycles. The highest BCUT2D eigenvalue weighted by atomic mass is 16.3. The Morgan fingerprint density at radius 2 is 2.39 bits per heavy atom. The number of carbonyl (C=O) groups is 1. The van der Waals surface area contributed by atoms with Crippen molar-refractivity contribution < 1.29 is 9.21 Å². The lowest BCUT2D eigenvalue weighted by Crippen LogP contribution is -2.36. The number of fused-ring (bicyclic) bond motifs is 1. The maximum atomic E-state index is 12.3. The fraction of sp³-hybridized carbons (Fsp3) is 0.692. The van der Waals surface area contributed by atoms with Crippen molar-refractivity contribution in [1.82, 2.24) is 15.2 Å². The number of nitrogens with zero attached hydrogens (tertiary/aromatic N) is 2. The summed E-state index contributed by atoms with van der Waals surface area (Å²) in [5.41, 5.74) is 0.434. The maximum absolute atomic E-state index is 12.3. The lowest BCUT2D eigenvalue weighted by molar-refractivity contribution is 0.0778. The van der Waals surface area contributed by atoms with Crippen molar-refractivity contribution in [2.24, 2.45) is 5.92 Å². The van der Waals surface area contributed by atoms with E-state index in [-0.39, 0.29) is 5.91 Å². The molecule has 1 aromatic heterocycles. The van der Waals surface area contributed by atoms with Gasteiger partial charge in [-0.05, 0) is 25.3 Å². The number of nitrogens with one attached hydrogen (secondary N) is 1. The number of aryl methyl sites for hydroxylation is 1. The molecule has 0 aromatic carbocycles. The molecule has 2 aliphatic heterocycles. The summed E-state index contributed by atoms with van der Waals surface area (Å²) in [4.78, 5) is 18.3. The fourth-order valence-electron chi connectivity index (χ4n) is 3.00. The van der Waals surface area contributed by atoms with Crippen molar-refractivity contribution in [3.8, 4) is 0 Å². The van der Waals surface area contributed by atoms with Crippen LogP contribution in [0.15, 0.2) is 10.7 Å². The molecule has 1 amide bonds. The first-order valence-corrected chi connectivity index (χ1v) is 6.69. The van der Waals surface area contributed by atoms with Crippen LogP contribution in [0.3, 0.4) is 0 Å². The number of amides is 1. The Morgan fingerprint density at radius 1 is 1.50 bits per heavy atom. The Labute approximate surface area is 107 Å². The van der Waals surface area contributed by atoms with Gasteiger partial charge >= 0.3 is 0 Å². The van der Waals surface area contributed by atoms with Gasteiger partial charge in [0.25, 0.3) is 5.91 Å². The summed E-state index contributed by atoms with van der Waals surface area (Å²) in [5.74, 6) is 1.15. The molecule has 0 bridgehead atoms. The van der Waals surface area contributed by atoms with Gasteiger partial charge < -0.3 is 14.6 Å². The van der Waals surface area contributed by atoms with Crippen LogP contribution >= 0.6 is 0 Å². The number of hydrogen-bond donors (Lipinski definition) is 1. The third-order valence-electron chi connectivity index (χ3n) is 3.97. The van der Waals surface area contributed by atoms with E-state index in [9.17, 15) is 4.79 Å². The van der Waals surface area contributed by atoms with E-state index in [1.165, 1.54) is 25.5 Å². The van der Waals surface area contributed by atoms with E-state index in [1.54, 1.807) is 6.92 Å². The Morgan fingerprint density at radius 3 is 3.17 bits per heavy atom. The second-order valence-corrected chi connectivity index (χ2v) is 5.28. The van der Waals surface area contributed by atoms with Crippen LogP contribution in [0, 0.1) is 12.8 Å². The first kappa shape index (κ1) is 11.7. The molecule has 0 unspecified atom stereocenters. The summed E-state index contributed by atoms with van der Waals surface area (Å²) in [6, 6.07) is 0.462. The molecule has 1 aromatic rings. The molecule has 98 valence electrons. The Bertz CT molecular complexity index is 429. The second-order valence-electron chi connectivity index (χ2n) is 5.28. The summed E-state index contributed by atoms with van der Waals surface area (Å²) in [6.45, 7) is 4.48. The highest BCUT2D eigenvalue weighted by Crippen LogP contribution is 2.25. The quantitative estimate of drug-likeness (QED) is 0.812. The van der Waals surface area contributed by atoms with Gasteiger partial charge in [0, 0.05) is 26.1 Å². The van der Waals surface area contributed by atoms with Crippen LogP contribution < -0.4 is 5.32 Å². The highest BCUT2D eigenvalue weighted by Gasteiger charge is 2.36. The predicted octanol–water partition coefficient (Wildman–Crippen LogP) is 1.20. The smallest absolute Gasteiger partial charge is 0.275 e. The number of hydrogen-bond acceptors (Lipinski definition) is 4. The number of aromatic nitrogens is 1. The lowest BCUT2D eigenvalue weighted by atomic mass is 9.99. The average molecular weight is 249 g/mol. The van der Waals surface area contributed by atoms with Crippen molar-refractivity contribution in [3.05, 3.63) is 17.8 Å². The zero-order valence-electron chi connectivity index (χ0n) is 10.7. The largest absolute Gasteiger partial charge is 0.448 e. The molecule has 0 spiro atoms. The van der Waals surface area contributed by atoms with Crippen molar-refractivity contribution in [3.63, 3.8) is 0 Å². The fourth-order valence-corrected chi connectivity index (χ4v) is 3.00. The van der Waals surface area contributed by atoms with Crippen LogP contribution in [0.1, 0.15) is 35.6 Å². The molecule has 18 heavy (non-hydrogen) atoms. The second kappa shape index (κ2) is 4.72. The molecule has 0 radical (unpaired) electrons. The Kier molecular flexibility index (Phi) is 3.07.